The lowest BCUT2D eigenvalue weighted by molar-refractivity contribution is -0.122. The van der Waals surface area contributed by atoms with Crippen LogP contribution in [0.3, 0.4) is 0 Å². The summed E-state index contributed by atoms with van der Waals surface area (Å²) in [6.45, 7) is 5.42. The first-order valence-corrected chi connectivity index (χ1v) is 19.8. The van der Waals surface area contributed by atoms with E-state index in [2.05, 4.69) is 98.9 Å². The van der Waals surface area contributed by atoms with Gasteiger partial charge in [-0.05, 0) is 104 Å². The molecule has 3 nitrogen and oxygen atoms in total. The van der Waals surface area contributed by atoms with Gasteiger partial charge in [0.05, 0.1) is 0 Å². The maximum Gasteiger partial charge on any atom is 0.220 e. The summed E-state index contributed by atoms with van der Waals surface area (Å²) in [6.07, 6.45) is 54.6. The molecule has 1 atom stereocenters. The van der Waals surface area contributed by atoms with Crippen LogP contribution in [0, 0.1) is 0 Å². The second-order valence-corrected chi connectivity index (χ2v) is 13.5. The third-order valence-electron chi connectivity index (χ3n) is 8.58. The molecule has 0 heterocycles. The minimum Gasteiger partial charge on any atom is -0.353 e. The number of unbranched alkanes of at least 4 members (excludes halogenated alkanes) is 15. The van der Waals surface area contributed by atoms with E-state index in [-0.39, 0.29) is 5.91 Å². The highest BCUT2D eigenvalue weighted by molar-refractivity contribution is 5.76. The second-order valence-electron chi connectivity index (χ2n) is 13.5. The standard InChI is InChI=1S/C43H78N2O/c1-5-7-9-11-13-15-17-19-21-23-25-27-29-31-33-35-38-42(44-43(46)40-37-41-45(3)4)39-36-34-32-30-28-26-24-22-20-18-16-14-12-10-8-6-2/h7,9,13-16,19-22,42H,5-6,8,10-12,17-18,23-41H2,1-4H3,(H,44,46)/b9-7-,15-13-,16-14-,21-19-,22-20-. The normalized spacial score (nSPS) is 13.2. The van der Waals surface area contributed by atoms with Crippen molar-refractivity contribution in [1.29, 1.82) is 0 Å². The minimum atomic E-state index is 0.253. The topological polar surface area (TPSA) is 32.3 Å². The van der Waals surface area contributed by atoms with Gasteiger partial charge in [-0.2, -0.15) is 0 Å². The van der Waals surface area contributed by atoms with E-state index in [1.165, 1.54) is 116 Å². The third kappa shape index (κ3) is 36.6. The summed E-state index contributed by atoms with van der Waals surface area (Å²) in [6, 6.07) is 0.361. The predicted molar refractivity (Wildman–Crippen MR) is 208 cm³/mol. The molecule has 0 saturated carbocycles. The number of rotatable bonds is 34. The van der Waals surface area contributed by atoms with Crippen molar-refractivity contribution < 1.29 is 4.79 Å². The van der Waals surface area contributed by atoms with Gasteiger partial charge in [0.2, 0.25) is 5.91 Å². The maximum absolute atomic E-state index is 12.6. The zero-order valence-electron chi connectivity index (χ0n) is 31.3. The van der Waals surface area contributed by atoms with Gasteiger partial charge in [-0.3, -0.25) is 4.79 Å². The van der Waals surface area contributed by atoms with Crippen molar-refractivity contribution in [1.82, 2.24) is 10.2 Å². The van der Waals surface area contributed by atoms with E-state index in [0.29, 0.717) is 12.5 Å². The molecule has 0 rings (SSSR count). The Morgan fingerprint density at radius 2 is 0.935 bits per heavy atom. The van der Waals surface area contributed by atoms with Gasteiger partial charge in [0.25, 0.3) is 0 Å². The molecule has 0 aromatic carbocycles. The van der Waals surface area contributed by atoms with Crippen LogP contribution in [-0.2, 0) is 4.79 Å². The quantitative estimate of drug-likeness (QED) is 0.0562. The molecule has 0 aromatic rings. The highest BCUT2D eigenvalue weighted by Gasteiger charge is 2.12. The number of amides is 1. The summed E-state index contributed by atoms with van der Waals surface area (Å²) in [7, 11) is 4.16. The molecule has 3 heteroatoms. The first-order valence-electron chi connectivity index (χ1n) is 19.8. The highest BCUT2D eigenvalue weighted by Crippen LogP contribution is 2.16. The van der Waals surface area contributed by atoms with Crippen molar-refractivity contribution in [3.8, 4) is 0 Å². The Hall–Kier alpha value is -1.87. The highest BCUT2D eigenvalue weighted by atomic mass is 16.1. The predicted octanol–water partition coefficient (Wildman–Crippen LogP) is 13.0. The first kappa shape index (κ1) is 44.1. The van der Waals surface area contributed by atoms with Gasteiger partial charge < -0.3 is 10.2 Å². The Morgan fingerprint density at radius 3 is 1.39 bits per heavy atom. The number of nitrogens with zero attached hydrogens (tertiary/aromatic N) is 1. The van der Waals surface area contributed by atoms with Crippen LogP contribution >= 0.6 is 0 Å². The fourth-order valence-electron chi connectivity index (χ4n) is 5.71. The van der Waals surface area contributed by atoms with Gasteiger partial charge in [-0.15, -0.1) is 0 Å². The molecule has 1 amide bonds. The molecule has 0 aliphatic rings. The van der Waals surface area contributed by atoms with Crippen LogP contribution in [0.2, 0.25) is 0 Å². The lowest BCUT2D eigenvalue weighted by atomic mass is 9.99. The van der Waals surface area contributed by atoms with Crippen LogP contribution in [0.1, 0.15) is 181 Å². The first-order chi connectivity index (χ1) is 22.6. The van der Waals surface area contributed by atoms with E-state index in [0.717, 1.165) is 51.5 Å². The summed E-state index contributed by atoms with van der Waals surface area (Å²) in [5, 5.41) is 3.41. The van der Waals surface area contributed by atoms with Gasteiger partial charge in [-0.25, -0.2) is 0 Å². The number of carbonyl (C=O) groups excluding carboxylic acids is 1. The number of hydrogen-bond acceptors (Lipinski definition) is 2. The van der Waals surface area contributed by atoms with Crippen molar-refractivity contribution in [2.24, 2.45) is 0 Å². The summed E-state index contributed by atoms with van der Waals surface area (Å²) in [5.74, 6) is 0.253. The van der Waals surface area contributed by atoms with Crippen LogP contribution < -0.4 is 5.32 Å². The van der Waals surface area contributed by atoms with Crippen LogP contribution in [-0.4, -0.2) is 37.5 Å². The van der Waals surface area contributed by atoms with Gasteiger partial charge in [0, 0.05) is 12.5 Å². The number of carbonyl (C=O) groups is 1. The van der Waals surface area contributed by atoms with Crippen molar-refractivity contribution >= 4 is 5.91 Å². The fourth-order valence-corrected chi connectivity index (χ4v) is 5.71. The zero-order chi connectivity index (χ0) is 33.6. The average Bonchev–Trinajstić information content (AvgIpc) is 3.04. The van der Waals surface area contributed by atoms with Gasteiger partial charge in [-0.1, -0.05) is 152 Å². The van der Waals surface area contributed by atoms with E-state index in [1.54, 1.807) is 0 Å². The summed E-state index contributed by atoms with van der Waals surface area (Å²) >= 11 is 0. The van der Waals surface area contributed by atoms with E-state index < -0.39 is 0 Å². The molecule has 46 heavy (non-hydrogen) atoms. The van der Waals surface area contributed by atoms with Crippen molar-refractivity contribution in [3.05, 3.63) is 60.8 Å². The van der Waals surface area contributed by atoms with E-state index in [1.807, 2.05) is 0 Å². The molecule has 0 fully saturated rings. The van der Waals surface area contributed by atoms with Crippen molar-refractivity contribution in [2.75, 3.05) is 20.6 Å². The Morgan fingerprint density at radius 1 is 0.522 bits per heavy atom. The molecule has 0 saturated heterocycles. The maximum atomic E-state index is 12.6. The molecule has 0 aromatic heterocycles. The number of hydrogen-bond donors (Lipinski definition) is 1. The summed E-state index contributed by atoms with van der Waals surface area (Å²) in [5.41, 5.74) is 0. The van der Waals surface area contributed by atoms with Crippen LogP contribution in [0.25, 0.3) is 0 Å². The van der Waals surface area contributed by atoms with Crippen LogP contribution in [0.15, 0.2) is 60.8 Å². The monoisotopic (exact) mass is 639 g/mol. The molecule has 266 valence electrons. The SMILES string of the molecule is CC/C=C\C/C=C\C/C=C\CCCCCCCCC(CCCCCCCC/C=C\C/C=C\CCCCC)NC(=O)CCCN(C)C. The molecule has 0 radical (unpaired) electrons. The molecule has 0 aliphatic heterocycles. The fraction of sp³-hybridized carbons (Fsp3) is 0.744. The smallest absolute Gasteiger partial charge is 0.220 e. The average molecular weight is 639 g/mol. The van der Waals surface area contributed by atoms with Gasteiger partial charge in [0.15, 0.2) is 0 Å². The largest absolute Gasteiger partial charge is 0.353 e. The van der Waals surface area contributed by atoms with Crippen LogP contribution in [0.4, 0.5) is 0 Å². The second kappa shape index (κ2) is 37.6. The molecule has 1 unspecified atom stereocenters. The Bertz CT molecular complexity index is 776. The lowest BCUT2D eigenvalue weighted by Gasteiger charge is -2.19. The molecular weight excluding hydrogens is 560 g/mol. The van der Waals surface area contributed by atoms with Crippen molar-refractivity contribution in [3.63, 3.8) is 0 Å². The molecule has 0 bridgehead atoms. The third-order valence-corrected chi connectivity index (χ3v) is 8.58. The molecular formula is C43H78N2O. The van der Waals surface area contributed by atoms with Crippen LogP contribution in [0.5, 0.6) is 0 Å². The number of nitrogens with one attached hydrogen (secondary N) is 1. The van der Waals surface area contributed by atoms with E-state index >= 15 is 0 Å². The van der Waals surface area contributed by atoms with E-state index in [4.69, 9.17) is 0 Å². The Balaban J connectivity index is 4.03. The summed E-state index contributed by atoms with van der Waals surface area (Å²) in [4.78, 5) is 14.8. The molecule has 0 aliphatic carbocycles. The van der Waals surface area contributed by atoms with Gasteiger partial charge in [0.1, 0.15) is 0 Å². The minimum absolute atomic E-state index is 0.253. The van der Waals surface area contributed by atoms with Crippen molar-refractivity contribution in [2.45, 2.75) is 187 Å². The molecule has 1 N–H and O–H groups in total. The van der Waals surface area contributed by atoms with E-state index in [9.17, 15) is 4.79 Å². The lowest BCUT2D eigenvalue weighted by Crippen LogP contribution is -2.35. The summed E-state index contributed by atoms with van der Waals surface area (Å²) < 4.78 is 0. The molecule has 0 spiro atoms. The zero-order valence-corrected chi connectivity index (χ0v) is 31.3. The number of allylic oxidation sites excluding steroid dienone is 10. The Kier molecular flexibility index (Phi) is 36.1. The van der Waals surface area contributed by atoms with Gasteiger partial charge >= 0.3 is 0 Å². The Labute approximate surface area is 288 Å².